The van der Waals surface area contributed by atoms with Crippen molar-refractivity contribution in [1.29, 1.82) is 0 Å². The van der Waals surface area contributed by atoms with E-state index in [1.807, 2.05) is 6.08 Å². The standard InChI is InChI=1S/C16H30O4Si/c1-9-16(5)13-12(20-13)11(19-14(16)17-6)10-18-21(7,8)15(2,3)4/h9,11-14H,1,10H2,2-8H3/t11-,12-,13-,14+,16-/m1/s1. The summed E-state index contributed by atoms with van der Waals surface area (Å²) in [6.45, 7) is 17.8. The Morgan fingerprint density at radius 2 is 1.90 bits per heavy atom. The zero-order valence-electron chi connectivity index (χ0n) is 14.4. The van der Waals surface area contributed by atoms with Gasteiger partial charge in [-0.3, -0.25) is 0 Å². The molecule has 0 N–H and O–H groups in total. The lowest BCUT2D eigenvalue weighted by molar-refractivity contribution is -0.221. The summed E-state index contributed by atoms with van der Waals surface area (Å²) >= 11 is 0. The van der Waals surface area contributed by atoms with Gasteiger partial charge in [0.15, 0.2) is 14.6 Å². The fourth-order valence-electron chi connectivity index (χ4n) is 2.59. The first-order chi connectivity index (χ1) is 9.56. The van der Waals surface area contributed by atoms with Crippen LogP contribution in [0, 0.1) is 5.41 Å². The smallest absolute Gasteiger partial charge is 0.192 e. The largest absolute Gasteiger partial charge is 0.414 e. The first-order valence-corrected chi connectivity index (χ1v) is 10.6. The lowest BCUT2D eigenvalue weighted by Crippen LogP contribution is -2.51. The van der Waals surface area contributed by atoms with Crippen LogP contribution in [0.5, 0.6) is 0 Å². The fourth-order valence-corrected chi connectivity index (χ4v) is 3.60. The summed E-state index contributed by atoms with van der Waals surface area (Å²) in [6, 6.07) is 0. The Labute approximate surface area is 129 Å². The monoisotopic (exact) mass is 314 g/mol. The van der Waals surface area contributed by atoms with Crippen LogP contribution in [0.15, 0.2) is 12.7 Å². The molecule has 2 fully saturated rings. The minimum atomic E-state index is -1.77. The van der Waals surface area contributed by atoms with Crippen LogP contribution in [0.1, 0.15) is 27.7 Å². The van der Waals surface area contributed by atoms with Gasteiger partial charge in [-0.05, 0) is 25.1 Å². The van der Waals surface area contributed by atoms with E-state index in [0.29, 0.717) is 6.61 Å². The number of epoxide rings is 1. The van der Waals surface area contributed by atoms with Gasteiger partial charge < -0.3 is 18.6 Å². The first kappa shape index (κ1) is 17.2. The third kappa shape index (κ3) is 2.99. The highest BCUT2D eigenvalue weighted by Gasteiger charge is 2.63. The van der Waals surface area contributed by atoms with Crippen molar-refractivity contribution in [2.24, 2.45) is 5.41 Å². The summed E-state index contributed by atoms with van der Waals surface area (Å²) < 4.78 is 23.7. The second-order valence-electron chi connectivity index (χ2n) is 7.90. The maximum Gasteiger partial charge on any atom is 0.192 e. The zero-order chi connectivity index (χ0) is 16.1. The number of hydrogen-bond donors (Lipinski definition) is 0. The van der Waals surface area contributed by atoms with E-state index in [1.165, 1.54) is 0 Å². The molecule has 0 aromatic heterocycles. The molecule has 0 unspecified atom stereocenters. The van der Waals surface area contributed by atoms with Crippen LogP contribution >= 0.6 is 0 Å². The Morgan fingerprint density at radius 1 is 1.29 bits per heavy atom. The molecule has 2 saturated heterocycles. The van der Waals surface area contributed by atoms with E-state index in [2.05, 4.69) is 47.4 Å². The molecule has 0 aliphatic carbocycles. The summed E-state index contributed by atoms with van der Waals surface area (Å²) in [6.07, 6.45) is 1.73. The van der Waals surface area contributed by atoms with Gasteiger partial charge in [0.05, 0.1) is 12.0 Å². The molecule has 2 aliphatic heterocycles. The number of ether oxygens (including phenoxy) is 3. The molecule has 2 aliphatic rings. The summed E-state index contributed by atoms with van der Waals surface area (Å²) in [5.74, 6) is 0. The molecule has 21 heavy (non-hydrogen) atoms. The van der Waals surface area contributed by atoms with Crippen molar-refractivity contribution in [3.05, 3.63) is 12.7 Å². The van der Waals surface area contributed by atoms with Crippen LogP contribution in [0.4, 0.5) is 0 Å². The summed E-state index contributed by atoms with van der Waals surface area (Å²) in [7, 11) is -0.105. The van der Waals surface area contributed by atoms with Crippen molar-refractivity contribution in [3.63, 3.8) is 0 Å². The lowest BCUT2D eigenvalue weighted by Gasteiger charge is -2.41. The van der Waals surface area contributed by atoms with E-state index in [1.54, 1.807) is 7.11 Å². The zero-order valence-corrected chi connectivity index (χ0v) is 15.4. The molecule has 2 rings (SSSR count). The average molecular weight is 314 g/mol. The van der Waals surface area contributed by atoms with Gasteiger partial charge in [-0.25, -0.2) is 0 Å². The molecule has 0 bridgehead atoms. The second-order valence-corrected chi connectivity index (χ2v) is 12.7. The van der Waals surface area contributed by atoms with Crippen molar-refractivity contribution < 1.29 is 18.6 Å². The quantitative estimate of drug-likeness (QED) is 0.443. The third-order valence-electron chi connectivity index (χ3n) is 5.38. The van der Waals surface area contributed by atoms with Crippen LogP contribution in [0.25, 0.3) is 0 Å². The Hall–Kier alpha value is -0.203. The summed E-state index contributed by atoms with van der Waals surface area (Å²) in [5, 5.41) is 0.196. The van der Waals surface area contributed by atoms with E-state index in [9.17, 15) is 0 Å². The van der Waals surface area contributed by atoms with Crippen molar-refractivity contribution in [2.45, 2.75) is 70.4 Å². The van der Waals surface area contributed by atoms with Crippen LogP contribution < -0.4 is 0 Å². The van der Waals surface area contributed by atoms with Gasteiger partial charge in [-0.2, -0.15) is 0 Å². The van der Waals surface area contributed by atoms with E-state index in [0.717, 1.165) is 0 Å². The molecule has 2 heterocycles. The number of fused-ring (bicyclic) bond motifs is 1. The molecule has 4 nitrogen and oxygen atoms in total. The van der Waals surface area contributed by atoms with Crippen molar-refractivity contribution >= 4 is 8.32 Å². The van der Waals surface area contributed by atoms with Crippen molar-refractivity contribution in [2.75, 3.05) is 13.7 Å². The average Bonchev–Trinajstić information content (AvgIpc) is 3.18. The van der Waals surface area contributed by atoms with Crippen LogP contribution in [0.2, 0.25) is 18.1 Å². The lowest BCUT2D eigenvalue weighted by atomic mass is 9.81. The molecule has 122 valence electrons. The fraction of sp³-hybridized carbons (Fsp3) is 0.875. The van der Waals surface area contributed by atoms with Gasteiger partial charge in [0.2, 0.25) is 0 Å². The molecular weight excluding hydrogens is 284 g/mol. The van der Waals surface area contributed by atoms with Crippen LogP contribution in [-0.2, 0) is 18.6 Å². The molecule has 0 saturated carbocycles. The molecule has 5 atom stereocenters. The molecule has 0 amide bonds. The Balaban J connectivity index is 2.00. The molecule has 0 radical (unpaired) electrons. The van der Waals surface area contributed by atoms with Crippen molar-refractivity contribution in [1.82, 2.24) is 0 Å². The SMILES string of the molecule is C=C[C@@]1(C)[C@@H](OC)O[C@H](CO[Si](C)(C)C(C)(C)C)[C@H]2O[C@H]21. The molecular formula is C16H30O4Si. The van der Waals surface area contributed by atoms with Crippen molar-refractivity contribution in [3.8, 4) is 0 Å². The maximum atomic E-state index is 6.28. The van der Waals surface area contributed by atoms with E-state index >= 15 is 0 Å². The molecule has 0 aromatic carbocycles. The van der Waals surface area contributed by atoms with Crippen LogP contribution in [-0.4, -0.2) is 46.6 Å². The minimum Gasteiger partial charge on any atom is -0.414 e. The first-order valence-electron chi connectivity index (χ1n) is 7.68. The third-order valence-corrected chi connectivity index (χ3v) is 9.88. The highest BCUT2D eigenvalue weighted by atomic mass is 28.4. The van der Waals surface area contributed by atoms with Crippen LogP contribution in [0.3, 0.4) is 0 Å². The Morgan fingerprint density at radius 3 is 2.38 bits per heavy atom. The van der Waals surface area contributed by atoms with E-state index < -0.39 is 8.32 Å². The number of rotatable bonds is 5. The highest BCUT2D eigenvalue weighted by Crippen LogP contribution is 2.50. The van der Waals surface area contributed by atoms with Gasteiger partial charge in [0.25, 0.3) is 0 Å². The summed E-state index contributed by atoms with van der Waals surface area (Å²) in [5.41, 5.74) is -0.285. The summed E-state index contributed by atoms with van der Waals surface area (Å²) in [4.78, 5) is 0. The van der Waals surface area contributed by atoms with Gasteiger partial charge in [0, 0.05) is 7.11 Å². The second kappa shape index (κ2) is 5.46. The van der Waals surface area contributed by atoms with Gasteiger partial charge in [0.1, 0.15) is 18.3 Å². The maximum absolute atomic E-state index is 6.28. The van der Waals surface area contributed by atoms with Gasteiger partial charge in [-0.15, -0.1) is 6.58 Å². The van der Waals surface area contributed by atoms with Gasteiger partial charge in [-0.1, -0.05) is 26.8 Å². The Bertz CT molecular complexity index is 404. The number of methoxy groups -OCH3 is 1. The topological polar surface area (TPSA) is 40.2 Å². The normalized spacial score (nSPS) is 39.8. The molecule has 0 aromatic rings. The minimum absolute atomic E-state index is 0.0536. The molecule has 5 heteroatoms. The highest BCUT2D eigenvalue weighted by molar-refractivity contribution is 6.74. The molecule has 0 spiro atoms. The predicted octanol–water partition coefficient (Wildman–Crippen LogP) is 3.34. The van der Waals surface area contributed by atoms with Gasteiger partial charge >= 0.3 is 0 Å². The predicted molar refractivity (Wildman–Crippen MR) is 85.8 cm³/mol. The van der Waals surface area contributed by atoms with E-state index in [4.69, 9.17) is 18.6 Å². The van der Waals surface area contributed by atoms with E-state index in [-0.39, 0.29) is 35.1 Å². The Kier molecular flexibility index (Phi) is 4.46. The number of hydrogen-bond acceptors (Lipinski definition) is 4.